The predicted octanol–water partition coefficient (Wildman–Crippen LogP) is 4.18. The molecule has 3 rings (SSSR count). The summed E-state index contributed by atoms with van der Waals surface area (Å²) in [6.07, 6.45) is 4.60. The van der Waals surface area contributed by atoms with E-state index < -0.39 is 0 Å². The molecule has 0 saturated heterocycles. The Balaban J connectivity index is 1.51. The van der Waals surface area contributed by atoms with Gasteiger partial charge in [-0.25, -0.2) is 4.98 Å². The summed E-state index contributed by atoms with van der Waals surface area (Å²) in [5, 5.41) is 7.83. The molecule has 5 nitrogen and oxygen atoms in total. The van der Waals surface area contributed by atoms with Gasteiger partial charge < -0.3 is 9.73 Å². The lowest BCUT2D eigenvalue weighted by Crippen LogP contribution is -2.10. The van der Waals surface area contributed by atoms with Gasteiger partial charge in [0.05, 0.1) is 18.2 Å². The molecule has 0 aromatic carbocycles. The van der Waals surface area contributed by atoms with Crippen molar-refractivity contribution in [3.05, 3.63) is 48.2 Å². The quantitative estimate of drug-likeness (QED) is 0.628. The van der Waals surface area contributed by atoms with Crippen LogP contribution < -0.4 is 5.32 Å². The van der Waals surface area contributed by atoms with Gasteiger partial charge in [-0.1, -0.05) is 13.8 Å². The van der Waals surface area contributed by atoms with E-state index >= 15 is 0 Å². The van der Waals surface area contributed by atoms with E-state index in [0.717, 1.165) is 47.4 Å². The largest absolute Gasteiger partial charge is 0.468 e. The zero-order chi connectivity index (χ0) is 16.1. The minimum atomic E-state index is 0.402. The lowest BCUT2D eigenvalue weighted by atomic mass is 10.1. The van der Waals surface area contributed by atoms with Crippen molar-refractivity contribution < 1.29 is 4.42 Å². The second kappa shape index (κ2) is 7.55. The molecule has 1 N–H and O–H groups in total. The number of hydrogen-bond donors (Lipinski definition) is 1. The van der Waals surface area contributed by atoms with Gasteiger partial charge in [0.25, 0.3) is 0 Å². The average molecular weight is 330 g/mol. The summed E-state index contributed by atoms with van der Waals surface area (Å²) in [6.45, 7) is 5.23. The first-order chi connectivity index (χ1) is 11.2. The zero-order valence-corrected chi connectivity index (χ0v) is 14.3. The molecule has 3 aromatic heterocycles. The van der Waals surface area contributed by atoms with Crippen LogP contribution in [0.2, 0.25) is 0 Å². The van der Waals surface area contributed by atoms with Gasteiger partial charge in [0.15, 0.2) is 5.65 Å². The highest BCUT2D eigenvalue weighted by atomic mass is 32.2. The van der Waals surface area contributed by atoms with Crippen LogP contribution in [0.1, 0.15) is 37.6 Å². The van der Waals surface area contributed by atoms with E-state index in [1.165, 1.54) is 0 Å². The van der Waals surface area contributed by atoms with E-state index in [1.807, 2.05) is 34.5 Å². The fourth-order valence-electron chi connectivity index (χ4n) is 2.31. The molecule has 0 aliphatic heterocycles. The number of anilines is 1. The maximum absolute atomic E-state index is 5.33. The molecule has 3 aromatic rings. The summed E-state index contributed by atoms with van der Waals surface area (Å²) < 4.78 is 7.19. The lowest BCUT2D eigenvalue weighted by molar-refractivity contribution is 0.530. The third-order valence-corrected chi connectivity index (χ3v) is 4.63. The molecule has 23 heavy (non-hydrogen) atoms. The number of rotatable bonds is 8. The average Bonchev–Trinajstić information content (AvgIpc) is 3.21. The summed E-state index contributed by atoms with van der Waals surface area (Å²) in [6, 6.07) is 7.99. The van der Waals surface area contributed by atoms with Crippen molar-refractivity contribution in [2.75, 3.05) is 17.6 Å². The molecule has 3 heterocycles. The SMILES string of the molecule is CC(C)c1cc(NCCCSCc2ccco2)n2nccc2n1. The van der Waals surface area contributed by atoms with Gasteiger partial charge in [-0.3, -0.25) is 0 Å². The Morgan fingerprint density at radius 2 is 2.26 bits per heavy atom. The Kier molecular flexibility index (Phi) is 5.23. The van der Waals surface area contributed by atoms with Gasteiger partial charge in [-0.15, -0.1) is 0 Å². The molecule has 0 fully saturated rings. The lowest BCUT2D eigenvalue weighted by Gasteiger charge is -2.12. The number of nitrogens with zero attached hydrogens (tertiary/aromatic N) is 3. The fourth-order valence-corrected chi connectivity index (χ4v) is 3.17. The summed E-state index contributed by atoms with van der Waals surface area (Å²) in [5.41, 5.74) is 1.98. The topological polar surface area (TPSA) is 55.4 Å². The summed E-state index contributed by atoms with van der Waals surface area (Å²) >= 11 is 1.89. The van der Waals surface area contributed by atoms with Gasteiger partial charge in [0.2, 0.25) is 0 Å². The molecule has 122 valence electrons. The summed E-state index contributed by atoms with van der Waals surface area (Å²) in [7, 11) is 0. The third kappa shape index (κ3) is 4.07. The highest BCUT2D eigenvalue weighted by Gasteiger charge is 2.08. The Hall–Kier alpha value is -1.95. The summed E-state index contributed by atoms with van der Waals surface area (Å²) in [4.78, 5) is 4.63. The number of hydrogen-bond acceptors (Lipinski definition) is 5. The smallest absolute Gasteiger partial charge is 0.157 e. The number of nitrogens with one attached hydrogen (secondary N) is 1. The Labute approximate surface area is 140 Å². The summed E-state index contributed by atoms with van der Waals surface area (Å²) in [5.74, 6) is 4.48. The van der Waals surface area contributed by atoms with Crippen molar-refractivity contribution in [3.8, 4) is 0 Å². The number of thioether (sulfide) groups is 1. The number of aromatic nitrogens is 3. The molecular weight excluding hydrogens is 308 g/mol. The van der Waals surface area contributed by atoms with Gasteiger partial charge in [-0.05, 0) is 30.2 Å². The van der Waals surface area contributed by atoms with Gasteiger partial charge in [-0.2, -0.15) is 21.4 Å². The molecule has 6 heteroatoms. The van der Waals surface area contributed by atoms with Crippen LogP contribution in [-0.2, 0) is 5.75 Å². The van der Waals surface area contributed by atoms with Crippen molar-refractivity contribution in [1.29, 1.82) is 0 Å². The number of furan rings is 1. The van der Waals surface area contributed by atoms with E-state index in [4.69, 9.17) is 4.42 Å². The standard InChI is InChI=1S/C17H22N4OS/c1-13(2)15-11-17(21-16(20-15)6-8-19-21)18-7-4-10-23-12-14-5-3-9-22-14/h3,5-6,8-9,11,13,18H,4,7,10,12H2,1-2H3. The van der Waals surface area contributed by atoms with Crippen LogP contribution in [0.4, 0.5) is 5.82 Å². The first-order valence-corrected chi connectivity index (χ1v) is 9.08. The van der Waals surface area contributed by atoms with Crippen LogP contribution in [0, 0.1) is 0 Å². The molecule has 0 amide bonds. The first kappa shape index (κ1) is 15.9. The minimum Gasteiger partial charge on any atom is -0.468 e. The fraction of sp³-hybridized carbons (Fsp3) is 0.412. The second-order valence-corrected chi connectivity index (χ2v) is 6.84. The predicted molar refractivity (Wildman–Crippen MR) is 95.1 cm³/mol. The van der Waals surface area contributed by atoms with Crippen LogP contribution in [0.5, 0.6) is 0 Å². The molecule has 0 radical (unpaired) electrons. The number of fused-ring (bicyclic) bond motifs is 1. The van der Waals surface area contributed by atoms with Crippen molar-refractivity contribution >= 4 is 23.2 Å². The highest BCUT2D eigenvalue weighted by Crippen LogP contribution is 2.19. The van der Waals surface area contributed by atoms with Crippen LogP contribution >= 0.6 is 11.8 Å². The molecule has 0 unspecified atom stereocenters. The van der Waals surface area contributed by atoms with Gasteiger partial charge in [0, 0.05) is 24.4 Å². The van der Waals surface area contributed by atoms with Crippen LogP contribution in [-0.4, -0.2) is 26.9 Å². The molecule has 0 spiro atoms. The maximum atomic E-state index is 5.33. The van der Waals surface area contributed by atoms with Crippen molar-refractivity contribution in [2.45, 2.75) is 31.9 Å². The molecule has 0 atom stereocenters. The Bertz CT molecular complexity index is 736. The highest BCUT2D eigenvalue weighted by molar-refractivity contribution is 7.98. The van der Waals surface area contributed by atoms with Crippen LogP contribution in [0.25, 0.3) is 5.65 Å². The minimum absolute atomic E-state index is 0.402. The molecule has 0 bridgehead atoms. The van der Waals surface area contributed by atoms with Crippen molar-refractivity contribution in [3.63, 3.8) is 0 Å². The Morgan fingerprint density at radius 3 is 3.04 bits per heavy atom. The van der Waals surface area contributed by atoms with E-state index in [1.54, 1.807) is 12.5 Å². The van der Waals surface area contributed by atoms with Crippen LogP contribution in [0.15, 0.2) is 41.1 Å². The molecule has 0 aliphatic rings. The van der Waals surface area contributed by atoms with Crippen LogP contribution in [0.3, 0.4) is 0 Å². The second-order valence-electron chi connectivity index (χ2n) is 5.73. The zero-order valence-electron chi connectivity index (χ0n) is 13.5. The van der Waals surface area contributed by atoms with Crippen molar-refractivity contribution in [1.82, 2.24) is 14.6 Å². The Morgan fingerprint density at radius 1 is 1.35 bits per heavy atom. The van der Waals surface area contributed by atoms with Crippen molar-refractivity contribution in [2.24, 2.45) is 0 Å². The third-order valence-electron chi connectivity index (χ3n) is 3.57. The maximum Gasteiger partial charge on any atom is 0.157 e. The van der Waals surface area contributed by atoms with E-state index in [2.05, 4.69) is 35.3 Å². The molecule has 0 saturated carbocycles. The molecule has 0 aliphatic carbocycles. The van der Waals surface area contributed by atoms with Gasteiger partial charge in [0.1, 0.15) is 11.6 Å². The normalized spacial score (nSPS) is 11.4. The molecular formula is C17H22N4OS. The van der Waals surface area contributed by atoms with E-state index in [-0.39, 0.29) is 0 Å². The van der Waals surface area contributed by atoms with E-state index in [9.17, 15) is 0 Å². The van der Waals surface area contributed by atoms with Gasteiger partial charge >= 0.3 is 0 Å². The monoisotopic (exact) mass is 330 g/mol. The first-order valence-electron chi connectivity index (χ1n) is 7.92. The van der Waals surface area contributed by atoms with E-state index in [0.29, 0.717) is 5.92 Å².